The van der Waals surface area contributed by atoms with Gasteiger partial charge >= 0.3 is 0 Å². The smallest absolute Gasteiger partial charge is 0.295 e. The number of rotatable bonds is 4. The van der Waals surface area contributed by atoms with E-state index in [9.17, 15) is 9.59 Å². The standard InChI is InChI=1S/C14H17NO4/c1-18-10-5-6-11(12(9-10)19-2)13(16)14(17)15-7-3-4-8-15/h5-6,9H,3-4,7-8H2,1-2H3. The Hall–Kier alpha value is -2.04. The Balaban J connectivity index is 2.25. The van der Waals surface area contributed by atoms with Gasteiger partial charge in [-0.3, -0.25) is 9.59 Å². The van der Waals surface area contributed by atoms with Crippen LogP contribution in [-0.4, -0.2) is 43.9 Å². The minimum Gasteiger partial charge on any atom is -0.497 e. The van der Waals surface area contributed by atoms with Gasteiger partial charge in [0.2, 0.25) is 0 Å². The molecular weight excluding hydrogens is 246 g/mol. The SMILES string of the molecule is COc1ccc(C(=O)C(=O)N2CCCC2)c(OC)c1. The Morgan fingerprint density at radius 3 is 2.37 bits per heavy atom. The molecule has 1 amide bonds. The molecule has 0 bridgehead atoms. The van der Waals surface area contributed by atoms with Crippen molar-refractivity contribution < 1.29 is 19.1 Å². The number of ether oxygens (including phenoxy) is 2. The zero-order valence-electron chi connectivity index (χ0n) is 11.1. The molecule has 0 saturated carbocycles. The van der Waals surface area contributed by atoms with E-state index in [-0.39, 0.29) is 5.56 Å². The number of carbonyl (C=O) groups is 2. The molecule has 0 unspecified atom stereocenters. The molecule has 0 N–H and O–H groups in total. The van der Waals surface area contributed by atoms with Gasteiger partial charge in [-0.25, -0.2) is 0 Å². The Labute approximate surface area is 112 Å². The Bertz CT molecular complexity index is 492. The average molecular weight is 263 g/mol. The number of hydrogen-bond donors (Lipinski definition) is 0. The van der Waals surface area contributed by atoms with Crippen LogP contribution in [-0.2, 0) is 4.79 Å². The van der Waals surface area contributed by atoms with E-state index < -0.39 is 11.7 Å². The van der Waals surface area contributed by atoms with Crippen molar-refractivity contribution in [3.05, 3.63) is 23.8 Å². The molecule has 5 nitrogen and oxygen atoms in total. The quantitative estimate of drug-likeness (QED) is 0.610. The lowest BCUT2D eigenvalue weighted by atomic mass is 10.1. The molecule has 19 heavy (non-hydrogen) atoms. The summed E-state index contributed by atoms with van der Waals surface area (Å²) in [5.41, 5.74) is 0.278. The van der Waals surface area contributed by atoms with E-state index in [0.717, 1.165) is 12.8 Å². The summed E-state index contributed by atoms with van der Waals surface area (Å²) in [5, 5.41) is 0. The van der Waals surface area contributed by atoms with Crippen LogP contribution < -0.4 is 9.47 Å². The van der Waals surface area contributed by atoms with Crippen LogP contribution in [0.25, 0.3) is 0 Å². The van der Waals surface area contributed by atoms with Crippen molar-refractivity contribution >= 4 is 11.7 Å². The molecular formula is C14H17NO4. The number of hydrogen-bond acceptors (Lipinski definition) is 4. The number of amides is 1. The monoisotopic (exact) mass is 263 g/mol. The van der Waals surface area contributed by atoms with Gasteiger partial charge in [-0.15, -0.1) is 0 Å². The van der Waals surface area contributed by atoms with E-state index in [1.54, 1.807) is 23.1 Å². The minimum absolute atomic E-state index is 0.278. The highest BCUT2D eigenvalue weighted by atomic mass is 16.5. The number of likely N-dealkylation sites (tertiary alicyclic amines) is 1. The highest BCUT2D eigenvalue weighted by molar-refractivity contribution is 6.43. The van der Waals surface area contributed by atoms with Crippen molar-refractivity contribution in [1.29, 1.82) is 0 Å². The lowest BCUT2D eigenvalue weighted by Gasteiger charge is -2.15. The Morgan fingerprint density at radius 1 is 1.11 bits per heavy atom. The third kappa shape index (κ3) is 2.70. The first-order valence-corrected chi connectivity index (χ1v) is 6.23. The zero-order chi connectivity index (χ0) is 13.8. The Kier molecular flexibility index (Phi) is 4.04. The molecule has 0 spiro atoms. The molecule has 1 aromatic rings. The molecule has 0 aromatic heterocycles. The van der Waals surface area contributed by atoms with Gasteiger partial charge in [0.25, 0.3) is 11.7 Å². The van der Waals surface area contributed by atoms with Crippen molar-refractivity contribution in [2.24, 2.45) is 0 Å². The molecule has 0 radical (unpaired) electrons. The summed E-state index contributed by atoms with van der Waals surface area (Å²) in [6.07, 6.45) is 1.91. The van der Waals surface area contributed by atoms with Crippen LogP contribution >= 0.6 is 0 Å². The van der Waals surface area contributed by atoms with E-state index in [0.29, 0.717) is 24.6 Å². The lowest BCUT2D eigenvalue weighted by Crippen LogP contribution is -2.34. The minimum atomic E-state index is -0.526. The summed E-state index contributed by atoms with van der Waals surface area (Å²) in [6, 6.07) is 4.81. The summed E-state index contributed by atoms with van der Waals surface area (Å²) in [6.45, 7) is 1.31. The molecule has 5 heteroatoms. The second-order valence-corrected chi connectivity index (χ2v) is 4.39. The van der Waals surface area contributed by atoms with Gasteiger partial charge in [0.05, 0.1) is 19.8 Å². The van der Waals surface area contributed by atoms with Crippen LogP contribution in [0.15, 0.2) is 18.2 Å². The number of methoxy groups -OCH3 is 2. The highest BCUT2D eigenvalue weighted by Gasteiger charge is 2.27. The van der Waals surface area contributed by atoms with Gasteiger partial charge in [-0.2, -0.15) is 0 Å². The van der Waals surface area contributed by atoms with Gasteiger partial charge in [0.15, 0.2) is 0 Å². The van der Waals surface area contributed by atoms with Gasteiger partial charge in [-0.05, 0) is 25.0 Å². The van der Waals surface area contributed by atoms with E-state index >= 15 is 0 Å². The fourth-order valence-corrected chi connectivity index (χ4v) is 2.17. The van der Waals surface area contributed by atoms with Crippen LogP contribution in [0.5, 0.6) is 11.5 Å². The lowest BCUT2D eigenvalue weighted by molar-refractivity contribution is -0.125. The fraction of sp³-hybridized carbons (Fsp3) is 0.429. The maximum absolute atomic E-state index is 12.2. The van der Waals surface area contributed by atoms with E-state index in [1.807, 2.05) is 0 Å². The Morgan fingerprint density at radius 2 is 1.79 bits per heavy atom. The molecule has 2 rings (SSSR count). The number of benzene rings is 1. The van der Waals surface area contributed by atoms with Crippen LogP contribution in [0.2, 0.25) is 0 Å². The second-order valence-electron chi connectivity index (χ2n) is 4.39. The van der Waals surface area contributed by atoms with Crippen molar-refractivity contribution in [2.75, 3.05) is 27.3 Å². The van der Waals surface area contributed by atoms with Crippen LogP contribution in [0, 0.1) is 0 Å². The van der Waals surface area contributed by atoms with Crippen LogP contribution in [0.3, 0.4) is 0 Å². The van der Waals surface area contributed by atoms with Gasteiger partial charge in [-0.1, -0.05) is 0 Å². The molecule has 1 heterocycles. The molecule has 1 aliphatic heterocycles. The first kappa shape index (κ1) is 13.4. The first-order chi connectivity index (χ1) is 9.17. The molecule has 1 aromatic carbocycles. The summed E-state index contributed by atoms with van der Waals surface area (Å²) >= 11 is 0. The number of carbonyl (C=O) groups excluding carboxylic acids is 2. The van der Waals surface area contributed by atoms with Crippen LogP contribution in [0.4, 0.5) is 0 Å². The van der Waals surface area contributed by atoms with Gasteiger partial charge in [0, 0.05) is 19.2 Å². The molecule has 1 aliphatic rings. The maximum Gasteiger partial charge on any atom is 0.295 e. The number of nitrogens with zero attached hydrogens (tertiary/aromatic N) is 1. The fourth-order valence-electron chi connectivity index (χ4n) is 2.17. The van der Waals surface area contributed by atoms with E-state index in [2.05, 4.69) is 0 Å². The second kappa shape index (κ2) is 5.73. The molecule has 102 valence electrons. The highest BCUT2D eigenvalue weighted by Crippen LogP contribution is 2.25. The van der Waals surface area contributed by atoms with E-state index in [1.165, 1.54) is 14.2 Å². The van der Waals surface area contributed by atoms with Crippen molar-refractivity contribution in [2.45, 2.75) is 12.8 Å². The third-order valence-corrected chi connectivity index (χ3v) is 3.24. The van der Waals surface area contributed by atoms with Crippen molar-refractivity contribution in [3.8, 4) is 11.5 Å². The summed E-state index contributed by atoms with van der Waals surface area (Å²) in [4.78, 5) is 25.8. The molecule has 0 aliphatic carbocycles. The van der Waals surface area contributed by atoms with Gasteiger partial charge in [0.1, 0.15) is 11.5 Å². The maximum atomic E-state index is 12.2. The number of Topliss-reactive ketones (excluding diaryl/α,β-unsaturated/α-hetero) is 1. The topological polar surface area (TPSA) is 55.8 Å². The van der Waals surface area contributed by atoms with Gasteiger partial charge < -0.3 is 14.4 Å². The molecule has 1 saturated heterocycles. The summed E-state index contributed by atoms with van der Waals surface area (Å²) in [5.74, 6) is -0.0405. The van der Waals surface area contributed by atoms with Crippen LogP contribution in [0.1, 0.15) is 23.2 Å². The van der Waals surface area contributed by atoms with Crippen molar-refractivity contribution in [1.82, 2.24) is 4.90 Å². The normalized spacial score (nSPS) is 14.3. The first-order valence-electron chi connectivity index (χ1n) is 6.23. The van der Waals surface area contributed by atoms with Crippen molar-refractivity contribution in [3.63, 3.8) is 0 Å². The summed E-state index contributed by atoms with van der Waals surface area (Å²) < 4.78 is 10.2. The average Bonchev–Trinajstić information content (AvgIpc) is 2.99. The summed E-state index contributed by atoms with van der Waals surface area (Å²) in [7, 11) is 3.00. The predicted octanol–water partition coefficient (Wildman–Crippen LogP) is 1.51. The largest absolute Gasteiger partial charge is 0.497 e. The zero-order valence-corrected chi connectivity index (χ0v) is 11.1. The third-order valence-electron chi connectivity index (χ3n) is 3.24. The predicted molar refractivity (Wildman–Crippen MR) is 69.7 cm³/mol. The number of ketones is 1. The van der Waals surface area contributed by atoms with E-state index in [4.69, 9.17) is 9.47 Å². The molecule has 1 fully saturated rings. The molecule has 0 atom stereocenters.